The van der Waals surface area contributed by atoms with Crippen molar-refractivity contribution in [2.24, 2.45) is 11.8 Å². The molecule has 2 aliphatic carbocycles. The summed E-state index contributed by atoms with van der Waals surface area (Å²) in [5, 5.41) is 7.91. The Labute approximate surface area is 126 Å². The first kappa shape index (κ1) is 12.6. The molecule has 2 fully saturated rings. The van der Waals surface area contributed by atoms with Gasteiger partial charge in [0.05, 0.1) is 5.56 Å². The Bertz CT molecular complexity index is 613. The number of aromatic nitrogens is 2. The highest BCUT2D eigenvalue weighted by Gasteiger charge is 2.42. The van der Waals surface area contributed by atoms with Crippen molar-refractivity contribution < 1.29 is 0 Å². The van der Waals surface area contributed by atoms with Crippen LogP contribution in [0.2, 0.25) is 0 Å². The van der Waals surface area contributed by atoms with Gasteiger partial charge in [-0.1, -0.05) is 0 Å². The van der Waals surface area contributed by atoms with Gasteiger partial charge >= 0.3 is 0 Å². The lowest BCUT2D eigenvalue weighted by Gasteiger charge is -2.18. The summed E-state index contributed by atoms with van der Waals surface area (Å²) in [5.41, 5.74) is 8.13. The van der Waals surface area contributed by atoms with E-state index in [1.54, 1.807) is 11.3 Å². The van der Waals surface area contributed by atoms with Crippen LogP contribution in [-0.4, -0.2) is 15.4 Å². The van der Waals surface area contributed by atoms with Crippen LogP contribution in [0.4, 0.5) is 10.8 Å². The second-order valence-corrected chi connectivity index (χ2v) is 7.54. The van der Waals surface area contributed by atoms with Crippen LogP contribution in [-0.2, 0) is 0 Å². The number of hydrogen-bond acceptors (Lipinski definition) is 6. The predicted molar refractivity (Wildman–Crippen MR) is 85.2 cm³/mol. The van der Waals surface area contributed by atoms with Crippen molar-refractivity contribution >= 4 is 33.7 Å². The third kappa shape index (κ3) is 2.31. The van der Waals surface area contributed by atoms with Crippen LogP contribution >= 0.6 is 22.9 Å². The zero-order valence-electron chi connectivity index (χ0n) is 11.4. The smallest absolute Gasteiger partial charge is 0.149 e. The number of aryl methyl sites for hydroxylation is 1. The molecule has 0 unspecified atom stereocenters. The summed E-state index contributed by atoms with van der Waals surface area (Å²) in [6.07, 6.45) is 5.48. The van der Waals surface area contributed by atoms with Crippen molar-refractivity contribution in [3.8, 4) is 10.6 Å². The zero-order chi connectivity index (χ0) is 13.7. The number of hydrogen-bond donors (Lipinski definition) is 2. The molecule has 2 aliphatic rings. The van der Waals surface area contributed by atoms with E-state index in [0.29, 0.717) is 11.9 Å². The minimum Gasteiger partial charge on any atom is -0.382 e. The quantitative estimate of drug-likeness (QED) is 0.883. The number of anilines is 2. The van der Waals surface area contributed by atoms with Gasteiger partial charge in [0.1, 0.15) is 15.8 Å². The van der Waals surface area contributed by atoms with E-state index >= 15 is 0 Å². The summed E-state index contributed by atoms with van der Waals surface area (Å²) in [7, 11) is 0. The molecule has 0 aliphatic heterocycles. The van der Waals surface area contributed by atoms with Gasteiger partial charge in [0.25, 0.3) is 0 Å². The summed E-state index contributed by atoms with van der Waals surface area (Å²) < 4.78 is 4.34. The van der Waals surface area contributed by atoms with Crippen LogP contribution in [0.5, 0.6) is 0 Å². The summed E-state index contributed by atoms with van der Waals surface area (Å²) in [5.74, 6) is 2.32. The molecule has 20 heavy (non-hydrogen) atoms. The highest BCUT2D eigenvalue weighted by molar-refractivity contribution is 7.15. The lowest BCUT2D eigenvalue weighted by molar-refractivity contribution is 0.569. The van der Waals surface area contributed by atoms with Gasteiger partial charge < -0.3 is 11.1 Å². The Hall–Kier alpha value is -1.14. The topological polar surface area (TPSA) is 63.8 Å². The maximum absolute atomic E-state index is 6.07. The van der Waals surface area contributed by atoms with E-state index in [-0.39, 0.29) is 0 Å². The monoisotopic (exact) mass is 306 g/mol. The van der Waals surface area contributed by atoms with Gasteiger partial charge in [0, 0.05) is 17.1 Å². The number of rotatable bonds is 5. The molecule has 0 radical (unpaired) electrons. The predicted octanol–water partition coefficient (Wildman–Crippen LogP) is 3.76. The zero-order valence-corrected chi connectivity index (χ0v) is 13.1. The Kier molecular flexibility index (Phi) is 2.96. The highest BCUT2D eigenvalue weighted by atomic mass is 32.1. The molecule has 0 amide bonds. The van der Waals surface area contributed by atoms with Gasteiger partial charge in [-0.2, -0.15) is 4.37 Å². The third-order valence-corrected chi connectivity index (χ3v) is 5.88. The van der Waals surface area contributed by atoms with Crippen molar-refractivity contribution in [3.05, 3.63) is 11.1 Å². The SMILES string of the molecule is Cc1csc(-c2c(N)nsc2NC(C2CC2)C2CC2)n1. The first-order valence-corrected chi connectivity index (χ1v) is 8.82. The molecule has 2 aromatic heterocycles. The fraction of sp³-hybridized carbons (Fsp3) is 0.571. The maximum Gasteiger partial charge on any atom is 0.149 e. The van der Waals surface area contributed by atoms with Gasteiger partial charge in [-0.15, -0.1) is 11.3 Å². The molecule has 0 bridgehead atoms. The number of nitrogens with zero attached hydrogens (tertiary/aromatic N) is 2. The molecule has 0 aromatic carbocycles. The highest BCUT2D eigenvalue weighted by Crippen LogP contribution is 2.48. The number of nitrogen functional groups attached to an aromatic ring is 1. The first-order chi connectivity index (χ1) is 9.72. The van der Waals surface area contributed by atoms with Crippen LogP contribution in [0.25, 0.3) is 10.6 Å². The number of nitrogens with two attached hydrogens (primary N) is 1. The Balaban J connectivity index is 1.64. The largest absolute Gasteiger partial charge is 0.382 e. The number of nitrogens with one attached hydrogen (secondary N) is 1. The molecule has 3 N–H and O–H groups in total. The molecule has 0 spiro atoms. The average molecular weight is 306 g/mol. The van der Waals surface area contributed by atoms with Crippen LogP contribution in [0.3, 0.4) is 0 Å². The molecule has 4 rings (SSSR count). The van der Waals surface area contributed by atoms with E-state index in [4.69, 9.17) is 5.73 Å². The van der Waals surface area contributed by atoms with Gasteiger partial charge in [0.2, 0.25) is 0 Å². The lowest BCUT2D eigenvalue weighted by atomic mass is 10.1. The van der Waals surface area contributed by atoms with Crippen molar-refractivity contribution in [1.82, 2.24) is 9.36 Å². The van der Waals surface area contributed by atoms with Crippen LogP contribution in [0, 0.1) is 18.8 Å². The van der Waals surface area contributed by atoms with E-state index in [0.717, 1.165) is 33.1 Å². The molecular weight excluding hydrogens is 288 g/mol. The molecule has 2 heterocycles. The molecule has 2 aromatic rings. The van der Waals surface area contributed by atoms with E-state index in [1.165, 1.54) is 37.2 Å². The van der Waals surface area contributed by atoms with Crippen LogP contribution in [0.1, 0.15) is 31.4 Å². The van der Waals surface area contributed by atoms with Crippen molar-refractivity contribution in [2.75, 3.05) is 11.1 Å². The molecule has 4 nitrogen and oxygen atoms in total. The van der Waals surface area contributed by atoms with E-state index < -0.39 is 0 Å². The molecule has 0 atom stereocenters. The standard InChI is InChI=1S/C14H18N4S2/c1-7-6-19-13(16-7)10-12(15)18-20-14(10)17-11(8-2-3-8)9-4-5-9/h6,8-9,11,17H,2-5H2,1H3,(H2,15,18). The van der Waals surface area contributed by atoms with Gasteiger partial charge in [-0.3, -0.25) is 0 Å². The average Bonchev–Trinajstić information content (AvgIpc) is 3.33. The minimum atomic E-state index is 0.609. The minimum absolute atomic E-state index is 0.609. The molecular formula is C14H18N4S2. The van der Waals surface area contributed by atoms with Crippen LogP contribution < -0.4 is 11.1 Å². The lowest BCUT2D eigenvalue weighted by Crippen LogP contribution is -2.23. The molecule has 2 saturated carbocycles. The van der Waals surface area contributed by atoms with E-state index in [9.17, 15) is 0 Å². The van der Waals surface area contributed by atoms with Gasteiger partial charge in [0.15, 0.2) is 0 Å². The fourth-order valence-corrected chi connectivity index (χ4v) is 4.44. The van der Waals surface area contributed by atoms with E-state index in [1.807, 2.05) is 6.92 Å². The first-order valence-electron chi connectivity index (χ1n) is 7.16. The maximum atomic E-state index is 6.07. The van der Waals surface area contributed by atoms with Crippen molar-refractivity contribution in [3.63, 3.8) is 0 Å². The van der Waals surface area contributed by atoms with E-state index in [2.05, 4.69) is 20.1 Å². The third-order valence-electron chi connectivity index (χ3n) is 4.11. The summed E-state index contributed by atoms with van der Waals surface area (Å²) >= 11 is 3.13. The molecule has 106 valence electrons. The van der Waals surface area contributed by atoms with Crippen LogP contribution in [0.15, 0.2) is 5.38 Å². The molecule has 0 saturated heterocycles. The van der Waals surface area contributed by atoms with Gasteiger partial charge in [-0.25, -0.2) is 4.98 Å². The second kappa shape index (κ2) is 4.70. The molecule has 6 heteroatoms. The summed E-state index contributed by atoms with van der Waals surface area (Å²) in [6, 6.07) is 0.620. The van der Waals surface area contributed by atoms with Crippen molar-refractivity contribution in [2.45, 2.75) is 38.6 Å². The second-order valence-electron chi connectivity index (χ2n) is 5.91. The summed E-state index contributed by atoms with van der Waals surface area (Å²) in [4.78, 5) is 4.57. The fourth-order valence-electron chi connectivity index (χ4n) is 2.76. The number of thiazole rings is 1. The normalized spacial score (nSPS) is 18.7. The Morgan fingerprint density at radius 1 is 1.30 bits per heavy atom. The Morgan fingerprint density at radius 3 is 2.55 bits per heavy atom. The van der Waals surface area contributed by atoms with Gasteiger partial charge in [-0.05, 0) is 56.0 Å². The van der Waals surface area contributed by atoms with Crippen molar-refractivity contribution in [1.29, 1.82) is 0 Å². The summed E-state index contributed by atoms with van der Waals surface area (Å²) in [6.45, 7) is 2.01. The Morgan fingerprint density at radius 2 is 2.00 bits per heavy atom.